The number of aromatic nitrogens is 5. The molecule has 10 nitrogen and oxygen atoms in total. The van der Waals surface area contributed by atoms with Gasteiger partial charge in [0.25, 0.3) is 0 Å². The number of anilines is 1. The molecule has 0 atom stereocenters. The van der Waals surface area contributed by atoms with Gasteiger partial charge in [-0.15, -0.1) is 5.10 Å². The van der Waals surface area contributed by atoms with Crippen LogP contribution in [0.3, 0.4) is 0 Å². The third-order valence-corrected chi connectivity index (χ3v) is 3.44. The Morgan fingerprint density at radius 1 is 1.28 bits per heavy atom. The second-order valence-electron chi connectivity index (χ2n) is 5.22. The maximum Gasteiger partial charge on any atom is 0.243 e. The molecular formula is C15H16N8O2. The first-order valence-corrected chi connectivity index (χ1v) is 7.35. The van der Waals surface area contributed by atoms with Gasteiger partial charge in [0.2, 0.25) is 17.5 Å². The van der Waals surface area contributed by atoms with E-state index in [0.717, 1.165) is 5.56 Å². The third kappa shape index (κ3) is 3.47. The van der Waals surface area contributed by atoms with Crippen molar-refractivity contribution >= 4 is 17.4 Å². The Kier molecular flexibility index (Phi) is 4.42. The van der Waals surface area contributed by atoms with Crippen LogP contribution in [0.25, 0.3) is 11.5 Å². The molecule has 0 spiro atoms. The first-order chi connectivity index (χ1) is 12.1. The zero-order valence-electron chi connectivity index (χ0n) is 13.4. The predicted octanol–water partition coefficient (Wildman–Crippen LogP) is 0.375. The van der Waals surface area contributed by atoms with Gasteiger partial charge in [-0.3, -0.25) is 15.6 Å². The summed E-state index contributed by atoms with van der Waals surface area (Å²) in [4.78, 5) is 12.0. The number of benzene rings is 1. The molecule has 0 aliphatic carbocycles. The van der Waals surface area contributed by atoms with Gasteiger partial charge in [-0.25, -0.2) is 4.63 Å². The lowest BCUT2D eigenvalue weighted by atomic mass is 10.1. The van der Waals surface area contributed by atoms with Crippen molar-refractivity contribution in [1.82, 2.24) is 36.2 Å². The number of nitrogens with two attached hydrogens (primary N) is 1. The van der Waals surface area contributed by atoms with E-state index in [4.69, 9.17) is 5.73 Å². The highest BCUT2D eigenvalue weighted by Crippen LogP contribution is 2.17. The van der Waals surface area contributed by atoms with Crippen LogP contribution in [0.1, 0.15) is 17.0 Å². The first kappa shape index (κ1) is 16.2. The van der Waals surface area contributed by atoms with Crippen LogP contribution < -0.4 is 16.6 Å². The lowest BCUT2D eigenvalue weighted by Crippen LogP contribution is -2.37. The minimum atomic E-state index is -0.206. The first-order valence-electron chi connectivity index (χ1n) is 7.35. The van der Waals surface area contributed by atoms with Crippen molar-refractivity contribution in [3.05, 3.63) is 53.9 Å². The van der Waals surface area contributed by atoms with Crippen molar-refractivity contribution in [1.29, 1.82) is 0 Å². The largest absolute Gasteiger partial charge is 0.378 e. The number of nitrogens with zero attached hydrogens (tertiary/aromatic N) is 5. The fraction of sp³-hybridized carbons (Fsp3) is 0.133. The van der Waals surface area contributed by atoms with Gasteiger partial charge in [0, 0.05) is 0 Å². The molecule has 10 heteroatoms. The Balaban J connectivity index is 1.63. The molecule has 3 rings (SSSR count). The van der Waals surface area contributed by atoms with E-state index in [0.29, 0.717) is 17.1 Å². The number of hydrazine groups is 1. The second-order valence-corrected chi connectivity index (χ2v) is 5.22. The molecule has 0 fully saturated rings. The molecule has 3 aromatic rings. The van der Waals surface area contributed by atoms with E-state index in [2.05, 4.69) is 42.7 Å². The number of rotatable bonds is 6. The summed E-state index contributed by atoms with van der Waals surface area (Å²) in [6.07, 6.45) is 0.244. The van der Waals surface area contributed by atoms with E-state index in [1.165, 1.54) is 4.68 Å². The molecule has 0 saturated heterocycles. The van der Waals surface area contributed by atoms with Crippen LogP contribution in [0.15, 0.2) is 41.5 Å². The van der Waals surface area contributed by atoms with Gasteiger partial charge in [0.1, 0.15) is 5.69 Å². The molecule has 1 amide bonds. The van der Waals surface area contributed by atoms with E-state index in [1.807, 2.05) is 30.3 Å². The number of hydrogen-bond acceptors (Lipinski definition) is 8. The summed E-state index contributed by atoms with van der Waals surface area (Å²) in [7, 11) is 0. The van der Waals surface area contributed by atoms with E-state index >= 15 is 0 Å². The smallest absolute Gasteiger partial charge is 0.243 e. The summed E-state index contributed by atoms with van der Waals surface area (Å²) in [6, 6.07) is 9.40. The quantitative estimate of drug-likeness (QED) is 0.548. The van der Waals surface area contributed by atoms with Gasteiger partial charge in [-0.05, 0) is 22.8 Å². The maximum absolute atomic E-state index is 12.0. The van der Waals surface area contributed by atoms with Crippen LogP contribution in [0.5, 0.6) is 0 Å². The van der Waals surface area contributed by atoms with Crippen LogP contribution >= 0.6 is 0 Å². The molecule has 2 heterocycles. The minimum absolute atomic E-state index is 0.0919. The molecule has 25 heavy (non-hydrogen) atoms. The summed E-state index contributed by atoms with van der Waals surface area (Å²) in [5.41, 5.74) is 13.3. The average Bonchev–Trinajstić information content (AvgIpc) is 3.19. The molecule has 0 saturated carbocycles. The zero-order valence-corrected chi connectivity index (χ0v) is 13.4. The number of carbonyl (C=O) groups is 1. The van der Waals surface area contributed by atoms with Gasteiger partial charge in [0.05, 0.1) is 17.8 Å². The van der Waals surface area contributed by atoms with Crippen LogP contribution in [0.4, 0.5) is 5.82 Å². The van der Waals surface area contributed by atoms with Gasteiger partial charge >= 0.3 is 0 Å². The normalized spacial score (nSPS) is 10.4. The Morgan fingerprint density at radius 3 is 2.72 bits per heavy atom. The van der Waals surface area contributed by atoms with Crippen molar-refractivity contribution in [3.63, 3.8) is 0 Å². The van der Waals surface area contributed by atoms with Crippen molar-refractivity contribution in [3.8, 4) is 5.82 Å². The second kappa shape index (κ2) is 6.83. The summed E-state index contributed by atoms with van der Waals surface area (Å²) in [6.45, 7) is 5.60. The highest BCUT2D eigenvalue weighted by molar-refractivity contribution is 5.79. The van der Waals surface area contributed by atoms with E-state index in [-0.39, 0.29) is 24.0 Å². The SMILES string of the molecule is C=C(NNC(=O)Cc1ccccc1)c1nnn(-c2nonc2N)c1C. The highest BCUT2D eigenvalue weighted by atomic mass is 16.6. The Bertz CT molecular complexity index is 899. The van der Waals surface area contributed by atoms with E-state index < -0.39 is 0 Å². The number of hydrogen-bond donors (Lipinski definition) is 3. The molecule has 128 valence electrons. The molecule has 1 aromatic carbocycles. The van der Waals surface area contributed by atoms with Gasteiger partial charge in [0.15, 0.2) is 0 Å². The predicted molar refractivity (Wildman–Crippen MR) is 88.8 cm³/mol. The maximum atomic E-state index is 12.0. The standard InChI is InChI=1S/C15H16N8O2/c1-9(17-18-12(24)8-11-6-4-3-5-7-11)13-10(2)23(22-19-13)15-14(16)20-25-21-15/h3-7,17H,1,8H2,2H3,(H2,16,20)(H,18,24). The topological polar surface area (TPSA) is 137 Å². The van der Waals surface area contributed by atoms with Crippen molar-refractivity contribution < 1.29 is 9.42 Å². The van der Waals surface area contributed by atoms with Crippen LogP contribution in [0, 0.1) is 6.92 Å². The van der Waals surface area contributed by atoms with Crippen LogP contribution in [0.2, 0.25) is 0 Å². The zero-order chi connectivity index (χ0) is 17.8. The van der Waals surface area contributed by atoms with Crippen molar-refractivity contribution in [2.75, 3.05) is 5.73 Å². The molecule has 0 radical (unpaired) electrons. The summed E-state index contributed by atoms with van der Waals surface area (Å²) in [5.74, 6) is 0.119. The summed E-state index contributed by atoms with van der Waals surface area (Å²) >= 11 is 0. The number of carbonyl (C=O) groups excluding carboxylic acids is 1. The highest BCUT2D eigenvalue weighted by Gasteiger charge is 2.18. The summed E-state index contributed by atoms with van der Waals surface area (Å²) in [5, 5.41) is 15.1. The molecule has 0 aliphatic heterocycles. The molecular weight excluding hydrogens is 324 g/mol. The number of amides is 1. The lowest BCUT2D eigenvalue weighted by molar-refractivity contribution is -0.121. The van der Waals surface area contributed by atoms with Crippen LogP contribution in [-0.4, -0.2) is 31.2 Å². The fourth-order valence-corrected chi connectivity index (χ4v) is 2.18. The van der Waals surface area contributed by atoms with E-state index in [9.17, 15) is 4.79 Å². The van der Waals surface area contributed by atoms with Crippen LogP contribution in [-0.2, 0) is 11.2 Å². The monoisotopic (exact) mass is 340 g/mol. The summed E-state index contributed by atoms with van der Waals surface area (Å²) < 4.78 is 5.93. The van der Waals surface area contributed by atoms with E-state index in [1.54, 1.807) is 6.92 Å². The Hall–Kier alpha value is -3.69. The molecule has 0 unspecified atom stereocenters. The molecule has 0 aliphatic rings. The third-order valence-electron chi connectivity index (χ3n) is 3.44. The van der Waals surface area contributed by atoms with Crippen molar-refractivity contribution in [2.45, 2.75) is 13.3 Å². The molecule has 2 aromatic heterocycles. The van der Waals surface area contributed by atoms with Gasteiger partial charge < -0.3 is 5.73 Å². The number of nitrogen functional groups attached to an aromatic ring is 1. The fourth-order valence-electron chi connectivity index (χ4n) is 2.18. The van der Waals surface area contributed by atoms with Gasteiger partial charge in [-0.1, -0.05) is 42.1 Å². The van der Waals surface area contributed by atoms with Crippen molar-refractivity contribution in [2.24, 2.45) is 0 Å². The minimum Gasteiger partial charge on any atom is -0.378 e. The molecule has 0 bridgehead atoms. The Morgan fingerprint density at radius 2 is 2.04 bits per heavy atom. The van der Waals surface area contributed by atoms with Gasteiger partial charge in [-0.2, -0.15) is 4.68 Å². The lowest BCUT2D eigenvalue weighted by Gasteiger charge is -2.10. The Labute approximate surface area is 142 Å². The number of nitrogens with one attached hydrogen (secondary N) is 2. The average molecular weight is 340 g/mol. The molecule has 4 N–H and O–H groups in total.